The molecule has 1 aromatic carbocycles. The fourth-order valence-electron chi connectivity index (χ4n) is 2.38. The van der Waals surface area contributed by atoms with Gasteiger partial charge < -0.3 is 14.8 Å². The van der Waals surface area contributed by atoms with Crippen LogP contribution in [0, 0.1) is 0 Å². The molecule has 1 N–H and O–H groups in total. The molecule has 7 heteroatoms. The van der Waals surface area contributed by atoms with Crippen molar-refractivity contribution in [3.63, 3.8) is 0 Å². The van der Waals surface area contributed by atoms with Crippen LogP contribution in [-0.2, 0) is 25.5 Å². The molecule has 6 nitrogen and oxygen atoms in total. The van der Waals surface area contributed by atoms with Gasteiger partial charge in [-0.15, -0.1) is 0 Å². The molecule has 0 fully saturated rings. The Kier molecular flexibility index (Phi) is 10.5. The maximum Gasteiger partial charge on any atom is 0.328 e. The molecular weight excluding hydrogens is 354 g/mol. The average molecular weight is 381 g/mol. The number of hydrogen-bond donors (Lipinski definition) is 2. The van der Waals surface area contributed by atoms with E-state index in [2.05, 4.69) is 17.9 Å². The number of carbonyl (C=O) groups is 3. The van der Waals surface area contributed by atoms with Gasteiger partial charge in [0.25, 0.3) is 5.91 Å². The van der Waals surface area contributed by atoms with E-state index in [1.807, 2.05) is 6.07 Å². The number of carbonyl (C=O) groups excluding carboxylic acids is 3. The summed E-state index contributed by atoms with van der Waals surface area (Å²) in [5.74, 6) is -0.573. The number of nitrogens with one attached hydrogen (secondary N) is 1. The van der Waals surface area contributed by atoms with Gasteiger partial charge in [0.1, 0.15) is 6.04 Å². The minimum atomic E-state index is -0.895. The number of hydrogen-bond acceptors (Lipinski definition) is 6. The van der Waals surface area contributed by atoms with Crippen LogP contribution in [0.1, 0.15) is 49.0 Å². The van der Waals surface area contributed by atoms with Crippen molar-refractivity contribution in [3.8, 4) is 0 Å². The maximum atomic E-state index is 12.5. The Bertz CT molecular complexity index is 605. The van der Waals surface area contributed by atoms with Gasteiger partial charge in [-0.25, -0.2) is 4.79 Å². The average Bonchev–Trinajstić information content (AvgIpc) is 2.63. The van der Waals surface area contributed by atoms with Crippen LogP contribution in [-0.4, -0.2) is 42.9 Å². The summed E-state index contributed by atoms with van der Waals surface area (Å²) >= 11 is 4.19. The van der Waals surface area contributed by atoms with E-state index in [-0.39, 0.29) is 32.0 Å². The molecule has 1 aromatic rings. The van der Waals surface area contributed by atoms with Gasteiger partial charge in [0, 0.05) is 12.0 Å². The molecule has 0 aliphatic rings. The molecule has 0 unspecified atom stereocenters. The van der Waals surface area contributed by atoms with Crippen molar-refractivity contribution < 1.29 is 23.9 Å². The van der Waals surface area contributed by atoms with Crippen molar-refractivity contribution in [1.29, 1.82) is 0 Å². The van der Waals surface area contributed by atoms with Gasteiger partial charge in [0.05, 0.1) is 13.2 Å². The molecule has 0 aromatic heterocycles. The minimum absolute atomic E-state index is 0.0274. The topological polar surface area (TPSA) is 81.7 Å². The summed E-state index contributed by atoms with van der Waals surface area (Å²) in [6, 6.07) is 6.34. The van der Waals surface area contributed by atoms with Gasteiger partial charge in [-0.1, -0.05) is 12.1 Å². The van der Waals surface area contributed by atoms with Crippen LogP contribution in [0.3, 0.4) is 0 Å². The molecule has 0 spiro atoms. The molecular formula is C19H27NO5S. The first-order valence-electron chi connectivity index (χ1n) is 8.84. The molecule has 0 aliphatic heterocycles. The van der Waals surface area contributed by atoms with Crippen molar-refractivity contribution in [3.05, 3.63) is 35.4 Å². The zero-order chi connectivity index (χ0) is 19.4. The summed E-state index contributed by atoms with van der Waals surface area (Å²) in [6.45, 7) is 3.87. The molecule has 0 bridgehead atoms. The predicted molar refractivity (Wildman–Crippen MR) is 102 cm³/mol. The molecule has 1 atom stereocenters. The number of esters is 2. The first-order valence-corrected chi connectivity index (χ1v) is 9.47. The quantitative estimate of drug-likeness (QED) is 0.455. The van der Waals surface area contributed by atoms with Crippen LogP contribution in [0.4, 0.5) is 0 Å². The predicted octanol–water partition coefficient (Wildman–Crippen LogP) is 2.55. The van der Waals surface area contributed by atoms with Gasteiger partial charge in [-0.05, 0) is 56.6 Å². The largest absolute Gasteiger partial charge is 0.466 e. The third-order valence-corrected chi connectivity index (χ3v) is 3.95. The second-order valence-electron chi connectivity index (χ2n) is 5.65. The Hall–Kier alpha value is -2.02. The summed E-state index contributed by atoms with van der Waals surface area (Å²) in [6.07, 6.45) is 1.90. The Balaban J connectivity index is 2.77. The van der Waals surface area contributed by atoms with E-state index in [4.69, 9.17) is 9.47 Å². The van der Waals surface area contributed by atoms with Gasteiger partial charge in [-0.3, -0.25) is 9.59 Å². The SMILES string of the molecule is CCOC(=O)CC[C@H](NC(=O)c1cccc(CCCS)c1)C(=O)OCC. The highest BCUT2D eigenvalue weighted by atomic mass is 32.1. The Morgan fingerprint density at radius 1 is 1.15 bits per heavy atom. The first kappa shape index (κ1) is 22.0. The third-order valence-electron chi connectivity index (χ3n) is 3.63. The van der Waals surface area contributed by atoms with Crippen molar-refractivity contribution >= 4 is 30.5 Å². The lowest BCUT2D eigenvalue weighted by atomic mass is 10.1. The number of thiol groups is 1. The monoisotopic (exact) mass is 381 g/mol. The van der Waals surface area contributed by atoms with E-state index in [1.54, 1.807) is 32.0 Å². The molecule has 144 valence electrons. The van der Waals surface area contributed by atoms with Crippen LogP contribution in [0.25, 0.3) is 0 Å². The maximum absolute atomic E-state index is 12.5. The Labute approximate surface area is 160 Å². The highest BCUT2D eigenvalue weighted by Crippen LogP contribution is 2.10. The Morgan fingerprint density at radius 3 is 2.54 bits per heavy atom. The normalized spacial score (nSPS) is 11.5. The lowest BCUT2D eigenvalue weighted by molar-refractivity contribution is -0.146. The summed E-state index contributed by atoms with van der Waals surface area (Å²) in [5, 5.41) is 2.66. The second-order valence-corrected chi connectivity index (χ2v) is 6.10. The van der Waals surface area contributed by atoms with E-state index in [1.165, 1.54) is 0 Å². The third kappa shape index (κ3) is 7.91. The van der Waals surface area contributed by atoms with E-state index in [0.29, 0.717) is 5.56 Å². The number of benzene rings is 1. The van der Waals surface area contributed by atoms with E-state index in [0.717, 1.165) is 24.2 Å². The summed E-state index contributed by atoms with van der Waals surface area (Å²) < 4.78 is 9.86. The lowest BCUT2D eigenvalue weighted by Crippen LogP contribution is -2.42. The first-order chi connectivity index (χ1) is 12.5. The van der Waals surface area contributed by atoms with E-state index < -0.39 is 18.0 Å². The fourth-order valence-corrected chi connectivity index (χ4v) is 2.54. The number of amides is 1. The molecule has 1 rings (SSSR count). The van der Waals surface area contributed by atoms with Crippen molar-refractivity contribution in [1.82, 2.24) is 5.32 Å². The van der Waals surface area contributed by atoms with Crippen molar-refractivity contribution in [2.75, 3.05) is 19.0 Å². The molecule has 1 amide bonds. The number of ether oxygens (including phenoxy) is 2. The highest BCUT2D eigenvalue weighted by Gasteiger charge is 2.24. The summed E-state index contributed by atoms with van der Waals surface area (Å²) in [7, 11) is 0. The minimum Gasteiger partial charge on any atom is -0.466 e. The van der Waals surface area contributed by atoms with Gasteiger partial charge in [0.15, 0.2) is 0 Å². The zero-order valence-electron chi connectivity index (χ0n) is 15.3. The van der Waals surface area contributed by atoms with Crippen LogP contribution in [0.15, 0.2) is 24.3 Å². The van der Waals surface area contributed by atoms with Crippen molar-refractivity contribution in [2.45, 2.75) is 45.6 Å². The molecule has 26 heavy (non-hydrogen) atoms. The molecule has 0 saturated carbocycles. The zero-order valence-corrected chi connectivity index (χ0v) is 16.2. The van der Waals surface area contributed by atoms with Crippen LogP contribution in [0.2, 0.25) is 0 Å². The van der Waals surface area contributed by atoms with Gasteiger partial charge >= 0.3 is 11.9 Å². The van der Waals surface area contributed by atoms with Crippen LogP contribution >= 0.6 is 12.6 Å². The van der Waals surface area contributed by atoms with Crippen LogP contribution < -0.4 is 5.32 Å². The molecule has 0 heterocycles. The molecule has 0 aliphatic carbocycles. The standard InChI is InChI=1S/C19H27NO5S/c1-3-24-17(21)11-10-16(19(23)25-4-2)20-18(22)15-9-5-7-14(13-15)8-6-12-26/h5,7,9,13,16,26H,3-4,6,8,10-12H2,1-2H3,(H,20,22)/t16-/m0/s1. The van der Waals surface area contributed by atoms with E-state index in [9.17, 15) is 14.4 Å². The smallest absolute Gasteiger partial charge is 0.328 e. The highest BCUT2D eigenvalue weighted by molar-refractivity contribution is 7.80. The summed E-state index contributed by atoms with van der Waals surface area (Å²) in [4.78, 5) is 36.1. The summed E-state index contributed by atoms with van der Waals surface area (Å²) in [5.41, 5.74) is 1.50. The van der Waals surface area contributed by atoms with Gasteiger partial charge in [0.2, 0.25) is 0 Å². The fraction of sp³-hybridized carbons (Fsp3) is 0.526. The number of rotatable bonds is 11. The molecule has 0 radical (unpaired) electrons. The van der Waals surface area contributed by atoms with Crippen molar-refractivity contribution in [2.24, 2.45) is 0 Å². The van der Waals surface area contributed by atoms with Gasteiger partial charge in [-0.2, -0.15) is 12.6 Å². The number of aryl methyl sites for hydroxylation is 1. The Morgan fingerprint density at radius 2 is 1.88 bits per heavy atom. The molecule has 0 saturated heterocycles. The second kappa shape index (κ2) is 12.4. The van der Waals surface area contributed by atoms with Crippen LogP contribution in [0.5, 0.6) is 0 Å². The van der Waals surface area contributed by atoms with E-state index >= 15 is 0 Å². The lowest BCUT2D eigenvalue weighted by Gasteiger charge is -2.17.